The SMILES string of the molecule is Cc1cc(CNc2nc(C)cc(C)n2)on1. The number of hydrogen-bond acceptors (Lipinski definition) is 5. The first-order valence-corrected chi connectivity index (χ1v) is 5.12. The lowest BCUT2D eigenvalue weighted by Gasteiger charge is -2.03. The molecule has 2 rings (SSSR count). The Bertz CT molecular complexity index is 472. The summed E-state index contributed by atoms with van der Waals surface area (Å²) in [5, 5.41) is 6.91. The minimum Gasteiger partial charge on any atom is -0.359 e. The Kier molecular flexibility index (Phi) is 2.85. The van der Waals surface area contributed by atoms with Crippen molar-refractivity contribution in [3.8, 4) is 0 Å². The van der Waals surface area contributed by atoms with Crippen molar-refractivity contribution in [1.82, 2.24) is 15.1 Å². The zero-order valence-corrected chi connectivity index (χ0v) is 9.61. The van der Waals surface area contributed by atoms with Gasteiger partial charge in [0.05, 0.1) is 12.2 Å². The summed E-state index contributed by atoms with van der Waals surface area (Å²) < 4.78 is 5.08. The van der Waals surface area contributed by atoms with Crippen molar-refractivity contribution in [2.24, 2.45) is 0 Å². The molecule has 0 spiro atoms. The molecular formula is C11H14N4O. The van der Waals surface area contributed by atoms with Gasteiger partial charge in [-0.05, 0) is 26.8 Å². The van der Waals surface area contributed by atoms with Gasteiger partial charge in [0.2, 0.25) is 5.95 Å². The van der Waals surface area contributed by atoms with Crippen molar-refractivity contribution in [3.63, 3.8) is 0 Å². The van der Waals surface area contributed by atoms with Gasteiger partial charge >= 0.3 is 0 Å². The molecule has 16 heavy (non-hydrogen) atoms. The lowest BCUT2D eigenvalue weighted by molar-refractivity contribution is 0.384. The van der Waals surface area contributed by atoms with Gasteiger partial charge < -0.3 is 9.84 Å². The molecule has 2 aromatic rings. The van der Waals surface area contributed by atoms with Crippen molar-refractivity contribution >= 4 is 5.95 Å². The van der Waals surface area contributed by atoms with E-state index in [1.165, 1.54) is 0 Å². The first-order valence-electron chi connectivity index (χ1n) is 5.12. The van der Waals surface area contributed by atoms with Gasteiger partial charge in [-0.2, -0.15) is 0 Å². The van der Waals surface area contributed by atoms with Crippen LogP contribution in [0.2, 0.25) is 0 Å². The molecule has 5 heteroatoms. The van der Waals surface area contributed by atoms with Crippen LogP contribution in [-0.4, -0.2) is 15.1 Å². The lowest BCUT2D eigenvalue weighted by Crippen LogP contribution is -2.04. The number of hydrogen-bond donors (Lipinski definition) is 1. The van der Waals surface area contributed by atoms with E-state index in [9.17, 15) is 0 Å². The van der Waals surface area contributed by atoms with E-state index in [1.54, 1.807) is 0 Å². The highest BCUT2D eigenvalue weighted by atomic mass is 16.5. The minimum absolute atomic E-state index is 0.545. The average molecular weight is 218 g/mol. The van der Waals surface area contributed by atoms with Crippen LogP contribution < -0.4 is 5.32 Å². The van der Waals surface area contributed by atoms with Gasteiger partial charge in [0.25, 0.3) is 0 Å². The highest BCUT2D eigenvalue weighted by molar-refractivity contribution is 5.28. The summed E-state index contributed by atoms with van der Waals surface area (Å²) in [4.78, 5) is 8.54. The lowest BCUT2D eigenvalue weighted by atomic mass is 10.3. The number of aromatic nitrogens is 3. The van der Waals surface area contributed by atoms with Crippen LogP contribution in [-0.2, 0) is 6.54 Å². The van der Waals surface area contributed by atoms with Crippen molar-refractivity contribution in [2.75, 3.05) is 5.32 Å². The quantitative estimate of drug-likeness (QED) is 0.853. The van der Waals surface area contributed by atoms with E-state index in [-0.39, 0.29) is 0 Å². The third-order valence-corrected chi connectivity index (χ3v) is 2.08. The summed E-state index contributed by atoms with van der Waals surface area (Å²) in [5.74, 6) is 1.40. The third-order valence-electron chi connectivity index (χ3n) is 2.08. The number of anilines is 1. The average Bonchev–Trinajstić information content (AvgIpc) is 2.60. The Morgan fingerprint density at radius 1 is 1.06 bits per heavy atom. The van der Waals surface area contributed by atoms with Crippen LogP contribution in [0, 0.1) is 20.8 Å². The highest BCUT2D eigenvalue weighted by Crippen LogP contribution is 2.07. The molecule has 0 aliphatic heterocycles. The molecular weight excluding hydrogens is 204 g/mol. The van der Waals surface area contributed by atoms with Crippen LogP contribution in [0.3, 0.4) is 0 Å². The molecule has 84 valence electrons. The second kappa shape index (κ2) is 4.30. The number of rotatable bonds is 3. The second-order valence-corrected chi connectivity index (χ2v) is 3.76. The van der Waals surface area contributed by atoms with Crippen LogP contribution in [0.5, 0.6) is 0 Å². The van der Waals surface area contributed by atoms with E-state index < -0.39 is 0 Å². The summed E-state index contributed by atoms with van der Waals surface area (Å²) in [6.45, 7) is 6.32. The second-order valence-electron chi connectivity index (χ2n) is 3.76. The Morgan fingerprint density at radius 3 is 2.31 bits per heavy atom. The molecule has 0 amide bonds. The molecule has 0 fully saturated rings. The summed E-state index contributed by atoms with van der Waals surface area (Å²) in [7, 11) is 0. The van der Waals surface area contributed by atoms with Gasteiger partial charge in [0.1, 0.15) is 0 Å². The van der Waals surface area contributed by atoms with Crippen LogP contribution in [0.15, 0.2) is 16.7 Å². The molecule has 5 nitrogen and oxygen atoms in total. The van der Waals surface area contributed by atoms with E-state index in [1.807, 2.05) is 32.9 Å². The fourth-order valence-corrected chi connectivity index (χ4v) is 1.47. The van der Waals surface area contributed by atoms with E-state index in [2.05, 4.69) is 20.4 Å². The topological polar surface area (TPSA) is 63.8 Å². The van der Waals surface area contributed by atoms with E-state index in [0.29, 0.717) is 12.5 Å². The van der Waals surface area contributed by atoms with Crippen molar-refractivity contribution in [3.05, 3.63) is 35.0 Å². The number of nitrogens with zero attached hydrogens (tertiary/aromatic N) is 3. The van der Waals surface area contributed by atoms with Crippen LogP contribution in [0.4, 0.5) is 5.95 Å². The monoisotopic (exact) mass is 218 g/mol. The number of aryl methyl sites for hydroxylation is 3. The Hall–Kier alpha value is -1.91. The van der Waals surface area contributed by atoms with Crippen LogP contribution in [0.1, 0.15) is 22.8 Å². The third kappa shape index (κ3) is 2.56. The maximum atomic E-state index is 5.08. The summed E-state index contributed by atoms with van der Waals surface area (Å²) >= 11 is 0. The first kappa shape index (κ1) is 10.6. The van der Waals surface area contributed by atoms with Crippen LogP contribution in [0.25, 0.3) is 0 Å². The molecule has 0 unspecified atom stereocenters. The molecule has 0 radical (unpaired) electrons. The summed E-state index contributed by atoms with van der Waals surface area (Å²) in [5.41, 5.74) is 2.77. The molecule has 0 bridgehead atoms. The van der Waals surface area contributed by atoms with Gasteiger partial charge in [-0.3, -0.25) is 0 Å². The predicted molar refractivity (Wildman–Crippen MR) is 60.1 cm³/mol. The maximum absolute atomic E-state index is 5.08. The standard InChI is InChI=1S/C11H14N4O/c1-7-4-8(2)14-11(13-7)12-6-10-5-9(3)15-16-10/h4-5H,6H2,1-3H3,(H,12,13,14). The predicted octanol–water partition coefficient (Wildman–Crippen LogP) is 2.00. The molecule has 1 N–H and O–H groups in total. The zero-order valence-electron chi connectivity index (χ0n) is 9.61. The summed E-state index contributed by atoms with van der Waals surface area (Å²) in [6, 6.07) is 3.82. The van der Waals surface area contributed by atoms with E-state index >= 15 is 0 Å². The molecule has 2 heterocycles. The Morgan fingerprint density at radius 2 is 1.75 bits per heavy atom. The zero-order chi connectivity index (χ0) is 11.5. The molecule has 0 saturated heterocycles. The fourth-order valence-electron chi connectivity index (χ4n) is 1.47. The highest BCUT2D eigenvalue weighted by Gasteiger charge is 2.02. The minimum atomic E-state index is 0.545. The normalized spacial score (nSPS) is 10.4. The van der Waals surface area contributed by atoms with Crippen molar-refractivity contribution < 1.29 is 4.52 Å². The van der Waals surface area contributed by atoms with Crippen molar-refractivity contribution in [1.29, 1.82) is 0 Å². The number of nitrogens with one attached hydrogen (secondary N) is 1. The molecule has 0 saturated carbocycles. The molecule has 0 aliphatic carbocycles. The first-order chi connectivity index (χ1) is 7.63. The largest absolute Gasteiger partial charge is 0.359 e. The molecule has 0 aliphatic rings. The maximum Gasteiger partial charge on any atom is 0.223 e. The fraction of sp³-hybridized carbons (Fsp3) is 0.364. The molecule has 0 atom stereocenters. The van der Waals surface area contributed by atoms with Gasteiger partial charge in [-0.25, -0.2) is 9.97 Å². The van der Waals surface area contributed by atoms with Gasteiger partial charge in [-0.1, -0.05) is 5.16 Å². The van der Waals surface area contributed by atoms with Gasteiger partial charge in [0, 0.05) is 17.5 Å². The summed E-state index contributed by atoms with van der Waals surface area (Å²) in [6.07, 6.45) is 0. The molecule has 0 aromatic carbocycles. The smallest absolute Gasteiger partial charge is 0.223 e. The van der Waals surface area contributed by atoms with Crippen LogP contribution >= 0.6 is 0 Å². The van der Waals surface area contributed by atoms with Crippen molar-refractivity contribution in [2.45, 2.75) is 27.3 Å². The van der Waals surface area contributed by atoms with Gasteiger partial charge in [0.15, 0.2) is 5.76 Å². The Balaban J connectivity index is 2.04. The Labute approximate surface area is 93.9 Å². The van der Waals surface area contributed by atoms with E-state index in [4.69, 9.17) is 4.52 Å². The molecule has 2 aromatic heterocycles. The van der Waals surface area contributed by atoms with Gasteiger partial charge in [-0.15, -0.1) is 0 Å². The van der Waals surface area contributed by atoms with E-state index in [0.717, 1.165) is 22.8 Å².